The van der Waals surface area contributed by atoms with Gasteiger partial charge in [-0.3, -0.25) is 0 Å². The van der Waals surface area contributed by atoms with Gasteiger partial charge in [0.1, 0.15) is 11.3 Å². The molecule has 0 amide bonds. The van der Waals surface area contributed by atoms with Gasteiger partial charge in [-0.25, -0.2) is 0 Å². The number of phenolic OH excluding ortho intramolecular Hbond substituents is 1. The van der Waals surface area contributed by atoms with E-state index in [1.54, 1.807) is 0 Å². The monoisotopic (exact) mass is 970 g/mol. The highest BCUT2D eigenvalue weighted by Gasteiger charge is 2.31. The summed E-state index contributed by atoms with van der Waals surface area (Å²) in [6.07, 6.45) is 2.72. The lowest BCUT2D eigenvalue weighted by molar-refractivity contribution is 0.478. The van der Waals surface area contributed by atoms with Crippen molar-refractivity contribution in [1.29, 1.82) is 0 Å². The van der Waals surface area contributed by atoms with Crippen LogP contribution in [-0.4, -0.2) is 5.11 Å². The highest BCUT2D eigenvalue weighted by atomic mass is 16.3. The van der Waals surface area contributed by atoms with E-state index in [0.29, 0.717) is 0 Å². The number of para-hydroxylation sites is 3. The maximum atomic E-state index is 12.8. The highest BCUT2D eigenvalue weighted by Crippen LogP contribution is 2.50. The van der Waals surface area contributed by atoms with Crippen molar-refractivity contribution < 1.29 is 9.52 Å². The van der Waals surface area contributed by atoms with Gasteiger partial charge in [-0.05, 0) is 137 Å². The van der Waals surface area contributed by atoms with Gasteiger partial charge in [-0.1, -0.05) is 196 Å². The van der Waals surface area contributed by atoms with Crippen molar-refractivity contribution in [3.05, 3.63) is 245 Å². The molecule has 1 aliphatic rings. The van der Waals surface area contributed by atoms with Crippen LogP contribution in [0.25, 0.3) is 82.6 Å². The summed E-state index contributed by atoms with van der Waals surface area (Å²) in [4.78, 5) is 4.74. The van der Waals surface area contributed by atoms with Crippen molar-refractivity contribution in [2.24, 2.45) is 5.92 Å². The molecule has 0 saturated carbocycles. The van der Waals surface area contributed by atoms with Gasteiger partial charge in [0.2, 0.25) is 0 Å². The lowest BCUT2D eigenvalue weighted by Crippen LogP contribution is -2.32. The number of rotatable bonds is 11. The topological polar surface area (TPSA) is 39.9 Å². The zero-order valence-corrected chi connectivity index (χ0v) is 43.2. The van der Waals surface area contributed by atoms with Gasteiger partial charge in [-0.15, -0.1) is 0 Å². The van der Waals surface area contributed by atoms with Crippen LogP contribution in [0, 0.1) is 19.8 Å². The van der Waals surface area contributed by atoms with Crippen LogP contribution in [0.1, 0.15) is 48.6 Å². The lowest BCUT2D eigenvalue weighted by Gasteiger charge is -2.35. The second kappa shape index (κ2) is 18.6. The van der Waals surface area contributed by atoms with Crippen LogP contribution in [0.5, 0.6) is 5.75 Å². The second-order valence-electron chi connectivity index (χ2n) is 20.5. The van der Waals surface area contributed by atoms with Crippen molar-refractivity contribution in [1.82, 2.24) is 0 Å². The van der Waals surface area contributed by atoms with Gasteiger partial charge in [0.25, 0.3) is 0 Å². The number of benzene rings is 11. The van der Waals surface area contributed by atoms with E-state index in [2.05, 4.69) is 251 Å². The second-order valence-corrected chi connectivity index (χ2v) is 20.5. The molecule has 0 aliphatic heterocycles. The minimum absolute atomic E-state index is 0.112. The number of aryl methyl sites for hydroxylation is 4. The molecule has 1 heterocycles. The summed E-state index contributed by atoms with van der Waals surface area (Å²) in [6, 6.07) is 76.8. The number of hydrogen-bond acceptors (Lipinski definition) is 4. The zero-order valence-electron chi connectivity index (χ0n) is 43.2. The molecule has 12 aromatic rings. The molecule has 0 radical (unpaired) electrons. The normalized spacial score (nSPS) is 13.3. The molecule has 1 atom stereocenters. The molecule has 4 nitrogen and oxygen atoms in total. The summed E-state index contributed by atoms with van der Waals surface area (Å²) in [7, 11) is 0. The number of furan rings is 1. The standard InChI is InChI=1S/C71H58N2O2/c1-6-47-16-8-10-20-55(47)50-18-12-19-51(43-50)57-22-14-26-64(69(57)74)73(54-37-30-45(4)31-38-54)68-46(5)42-52-33-39-61-63(41-34-49-32-40-62(68)67(52)66(49)61)72(53-35-28-44(3)29-36-53)65-27-15-25-60-59-24-13-23-58(70(59)75-71(60)65)56-21-11-9-17-48(56)7-2/h8-41,43,46,74H,6-7,42H2,1-5H3. The first-order valence-corrected chi connectivity index (χ1v) is 26.6. The molecule has 0 saturated heterocycles. The van der Waals surface area contributed by atoms with E-state index in [0.717, 1.165) is 103 Å². The number of nitrogens with zero attached hydrogens (tertiary/aromatic N) is 2. The first-order valence-electron chi connectivity index (χ1n) is 26.6. The van der Waals surface area contributed by atoms with Crippen LogP contribution in [0.4, 0.5) is 28.4 Å². The fourth-order valence-electron chi connectivity index (χ4n) is 12.2. The summed E-state index contributed by atoms with van der Waals surface area (Å²) in [6.45, 7) is 11.0. The minimum Gasteiger partial charge on any atom is -0.505 e. The van der Waals surface area contributed by atoms with E-state index in [9.17, 15) is 5.11 Å². The summed E-state index contributed by atoms with van der Waals surface area (Å²) >= 11 is 0. The third-order valence-electron chi connectivity index (χ3n) is 15.9. The molecule has 1 unspecified atom stereocenters. The predicted octanol–water partition coefficient (Wildman–Crippen LogP) is 18.7. The maximum Gasteiger partial charge on any atom is 0.159 e. The summed E-state index contributed by atoms with van der Waals surface area (Å²) in [5.41, 5.74) is 20.5. The van der Waals surface area contributed by atoms with Crippen molar-refractivity contribution in [2.45, 2.75) is 53.9 Å². The molecule has 0 bridgehead atoms. The molecular formula is C71H58N2O2. The van der Waals surface area contributed by atoms with E-state index in [1.165, 1.54) is 60.3 Å². The Morgan fingerprint density at radius 1 is 0.467 bits per heavy atom. The van der Waals surface area contributed by atoms with Gasteiger partial charge in [0, 0.05) is 55.5 Å². The Morgan fingerprint density at radius 2 is 1.04 bits per heavy atom. The van der Waals surface area contributed by atoms with Gasteiger partial charge >= 0.3 is 0 Å². The fourth-order valence-corrected chi connectivity index (χ4v) is 12.2. The molecule has 1 aromatic heterocycles. The molecule has 0 spiro atoms. The Labute approximate surface area is 439 Å². The van der Waals surface area contributed by atoms with E-state index in [1.807, 2.05) is 6.07 Å². The number of anilines is 5. The molecule has 364 valence electrons. The van der Waals surface area contributed by atoms with Gasteiger partial charge in [0.15, 0.2) is 5.58 Å². The maximum absolute atomic E-state index is 12.8. The quantitative estimate of drug-likeness (QED) is 0.140. The fraction of sp³-hybridized carbons (Fsp3) is 0.127. The smallest absolute Gasteiger partial charge is 0.159 e. The Kier molecular flexibility index (Phi) is 11.4. The average Bonchev–Trinajstić information content (AvgIpc) is 3.91. The lowest BCUT2D eigenvalue weighted by atomic mass is 9.83. The van der Waals surface area contributed by atoms with E-state index >= 15 is 0 Å². The van der Waals surface area contributed by atoms with E-state index in [4.69, 9.17) is 4.42 Å². The van der Waals surface area contributed by atoms with Gasteiger partial charge in [0.05, 0.1) is 17.1 Å². The van der Waals surface area contributed by atoms with E-state index in [-0.39, 0.29) is 11.7 Å². The van der Waals surface area contributed by atoms with Crippen molar-refractivity contribution >= 4 is 77.6 Å². The summed E-state index contributed by atoms with van der Waals surface area (Å²) in [5, 5.41) is 21.0. The van der Waals surface area contributed by atoms with E-state index < -0.39 is 0 Å². The van der Waals surface area contributed by atoms with Crippen molar-refractivity contribution in [3.8, 4) is 39.1 Å². The molecule has 1 N–H and O–H groups in total. The SMILES string of the molecule is CCc1ccccc1-c1cccc(-c2cccc(N(C3=c4ccc5ccc(N(c6ccc(C)cc6)c6cccc7c6oc6c(-c8ccccc8CC)cccc67)c6ccc(c4c56)CC3C)c3ccc(C)cc3)c2O)c1. The zero-order chi connectivity index (χ0) is 50.9. The molecular weight excluding hydrogens is 913 g/mol. The molecule has 4 heteroatoms. The number of hydrogen-bond donors (Lipinski definition) is 1. The van der Waals surface area contributed by atoms with Crippen LogP contribution < -0.4 is 15.0 Å². The third-order valence-corrected chi connectivity index (χ3v) is 15.9. The minimum atomic E-state index is 0.112. The molecule has 75 heavy (non-hydrogen) atoms. The van der Waals surface area contributed by atoms with Gasteiger partial charge in [-0.2, -0.15) is 0 Å². The largest absolute Gasteiger partial charge is 0.505 e. The predicted molar refractivity (Wildman–Crippen MR) is 316 cm³/mol. The van der Waals surface area contributed by atoms with Crippen LogP contribution in [0.15, 0.2) is 217 Å². The molecule has 1 aliphatic carbocycles. The Balaban J connectivity index is 1.03. The number of aromatic hydroxyl groups is 1. The average molecular weight is 971 g/mol. The highest BCUT2D eigenvalue weighted by molar-refractivity contribution is 6.19. The Morgan fingerprint density at radius 3 is 1.77 bits per heavy atom. The van der Waals surface area contributed by atoms with Gasteiger partial charge < -0.3 is 19.3 Å². The summed E-state index contributed by atoms with van der Waals surface area (Å²) < 4.78 is 7.21. The number of phenols is 1. The van der Waals surface area contributed by atoms with Crippen molar-refractivity contribution in [3.63, 3.8) is 0 Å². The first-order chi connectivity index (χ1) is 36.8. The van der Waals surface area contributed by atoms with Crippen LogP contribution in [-0.2, 0) is 19.3 Å². The van der Waals surface area contributed by atoms with Crippen LogP contribution in [0.3, 0.4) is 0 Å². The third kappa shape index (κ3) is 7.66. The van der Waals surface area contributed by atoms with Crippen LogP contribution in [0.2, 0.25) is 0 Å². The van der Waals surface area contributed by atoms with Crippen molar-refractivity contribution in [2.75, 3.05) is 9.80 Å². The number of fused-ring (bicyclic) bond motifs is 3. The van der Waals surface area contributed by atoms with Crippen LogP contribution >= 0.6 is 0 Å². The first kappa shape index (κ1) is 46.0. The Bertz CT molecular complexity index is 4240. The molecule has 13 rings (SSSR count). The molecule has 0 fully saturated rings. The molecule has 11 aromatic carbocycles. The Hall–Kier alpha value is -8.86. The summed E-state index contributed by atoms with van der Waals surface area (Å²) in [5.74, 6) is 0.363.